The maximum Gasteiger partial charge on any atom is 0.190 e. The van der Waals surface area contributed by atoms with Crippen LogP contribution in [0.5, 0.6) is 0 Å². The number of hydrogen-bond acceptors (Lipinski definition) is 5. The van der Waals surface area contributed by atoms with E-state index in [0.717, 1.165) is 24.8 Å². The Labute approximate surface area is 107 Å². The van der Waals surface area contributed by atoms with Crippen LogP contribution in [-0.2, 0) is 0 Å². The van der Waals surface area contributed by atoms with E-state index in [-0.39, 0.29) is 5.84 Å². The van der Waals surface area contributed by atoms with Crippen LogP contribution >= 0.6 is 0 Å². The van der Waals surface area contributed by atoms with Crippen molar-refractivity contribution in [3.8, 4) is 0 Å². The fourth-order valence-electron chi connectivity index (χ4n) is 2.24. The number of anilines is 1. The maximum atomic E-state index is 8.55. The number of amidine groups is 1. The quantitative estimate of drug-likeness (QED) is 0.364. The Bertz CT molecular complexity index is 409. The fraction of sp³-hybridized carbons (Fsp3) is 0.583. The molecular formula is C12H19N5O. The lowest BCUT2D eigenvalue weighted by molar-refractivity contribution is 0.318. The van der Waals surface area contributed by atoms with Gasteiger partial charge < -0.3 is 15.8 Å². The van der Waals surface area contributed by atoms with Crippen LogP contribution in [0.4, 0.5) is 5.82 Å². The first-order valence-electron chi connectivity index (χ1n) is 6.29. The topological polar surface area (TPSA) is 87.6 Å². The van der Waals surface area contributed by atoms with Gasteiger partial charge in [-0.05, 0) is 18.8 Å². The van der Waals surface area contributed by atoms with Gasteiger partial charge in [-0.2, -0.15) is 0 Å². The van der Waals surface area contributed by atoms with E-state index < -0.39 is 0 Å². The van der Waals surface area contributed by atoms with Crippen LogP contribution in [0.1, 0.15) is 31.9 Å². The zero-order valence-electron chi connectivity index (χ0n) is 10.6. The zero-order valence-corrected chi connectivity index (χ0v) is 10.6. The van der Waals surface area contributed by atoms with Crippen molar-refractivity contribution in [2.24, 2.45) is 16.8 Å². The lowest BCUT2D eigenvalue weighted by Gasteiger charge is -2.32. The molecule has 18 heavy (non-hydrogen) atoms. The second kappa shape index (κ2) is 5.66. The van der Waals surface area contributed by atoms with Crippen LogP contribution in [0.2, 0.25) is 0 Å². The first-order chi connectivity index (χ1) is 8.74. The second-order valence-corrected chi connectivity index (χ2v) is 4.58. The molecule has 1 saturated heterocycles. The summed E-state index contributed by atoms with van der Waals surface area (Å²) in [7, 11) is 0. The highest BCUT2D eigenvalue weighted by atomic mass is 16.4. The van der Waals surface area contributed by atoms with Crippen LogP contribution in [-0.4, -0.2) is 34.1 Å². The molecule has 98 valence electrons. The highest BCUT2D eigenvalue weighted by molar-refractivity contribution is 5.94. The smallest absolute Gasteiger partial charge is 0.190 e. The summed E-state index contributed by atoms with van der Waals surface area (Å²) in [4.78, 5) is 10.7. The minimum atomic E-state index is -0.0151. The Morgan fingerprint density at radius 1 is 1.44 bits per heavy atom. The Morgan fingerprint density at radius 3 is 2.67 bits per heavy atom. The molecule has 0 unspecified atom stereocenters. The van der Waals surface area contributed by atoms with E-state index in [1.54, 1.807) is 6.20 Å². The van der Waals surface area contributed by atoms with E-state index in [1.165, 1.54) is 25.5 Å². The van der Waals surface area contributed by atoms with Gasteiger partial charge in [0.25, 0.3) is 0 Å². The standard InChI is InChI=1S/C12H19N5O/c1-2-9-3-5-17(6-4-9)11-8-14-10(7-15-11)12(13)16-18/h7-9,18H,2-6H2,1H3,(H2,13,16). The molecule has 2 heterocycles. The normalized spacial score (nSPS) is 18.1. The number of hydrogen-bond donors (Lipinski definition) is 2. The molecule has 1 aromatic rings. The van der Waals surface area contributed by atoms with Crippen LogP contribution in [0.15, 0.2) is 17.5 Å². The lowest BCUT2D eigenvalue weighted by atomic mass is 9.94. The van der Waals surface area contributed by atoms with E-state index in [0.29, 0.717) is 5.69 Å². The van der Waals surface area contributed by atoms with Crippen LogP contribution in [0.3, 0.4) is 0 Å². The van der Waals surface area contributed by atoms with Gasteiger partial charge >= 0.3 is 0 Å². The van der Waals surface area contributed by atoms with Gasteiger partial charge in [0.2, 0.25) is 0 Å². The molecule has 6 nitrogen and oxygen atoms in total. The van der Waals surface area contributed by atoms with E-state index >= 15 is 0 Å². The van der Waals surface area contributed by atoms with Gasteiger partial charge in [0, 0.05) is 13.1 Å². The summed E-state index contributed by atoms with van der Waals surface area (Å²) < 4.78 is 0. The van der Waals surface area contributed by atoms with Crippen molar-refractivity contribution in [3.63, 3.8) is 0 Å². The van der Waals surface area contributed by atoms with Gasteiger partial charge in [-0.1, -0.05) is 18.5 Å². The molecule has 1 aliphatic rings. The summed E-state index contributed by atoms with van der Waals surface area (Å²) in [5.74, 6) is 1.68. The average molecular weight is 249 g/mol. The largest absolute Gasteiger partial charge is 0.409 e. The van der Waals surface area contributed by atoms with Crippen molar-refractivity contribution in [1.29, 1.82) is 0 Å². The maximum absolute atomic E-state index is 8.55. The van der Waals surface area contributed by atoms with E-state index in [1.807, 2.05) is 0 Å². The summed E-state index contributed by atoms with van der Waals surface area (Å²) in [6.45, 7) is 4.29. The van der Waals surface area contributed by atoms with Crippen molar-refractivity contribution in [2.75, 3.05) is 18.0 Å². The van der Waals surface area contributed by atoms with Crippen molar-refractivity contribution in [3.05, 3.63) is 18.1 Å². The molecule has 1 aromatic heterocycles. The molecule has 0 spiro atoms. The number of oxime groups is 1. The van der Waals surface area contributed by atoms with Crippen LogP contribution in [0.25, 0.3) is 0 Å². The molecule has 2 rings (SSSR count). The lowest BCUT2D eigenvalue weighted by Crippen LogP contribution is -2.34. The number of aromatic nitrogens is 2. The summed E-state index contributed by atoms with van der Waals surface area (Å²) >= 11 is 0. The molecule has 0 atom stereocenters. The van der Waals surface area contributed by atoms with Gasteiger partial charge in [-0.15, -0.1) is 0 Å². The molecule has 0 amide bonds. The first kappa shape index (κ1) is 12.6. The Morgan fingerprint density at radius 2 is 2.17 bits per heavy atom. The number of rotatable bonds is 3. The molecule has 0 aliphatic carbocycles. The predicted molar refractivity (Wildman–Crippen MR) is 69.8 cm³/mol. The summed E-state index contributed by atoms with van der Waals surface area (Å²) in [5, 5.41) is 11.4. The molecule has 3 N–H and O–H groups in total. The highest BCUT2D eigenvalue weighted by Crippen LogP contribution is 2.23. The fourth-order valence-corrected chi connectivity index (χ4v) is 2.24. The third kappa shape index (κ3) is 2.69. The average Bonchev–Trinajstić information content (AvgIpc) is 2.47. The molecule has 0 saturated carbocycles. The van der Waals surface area contributed by atoms with Crippen molar-refractivity contribution >= 4 is 11.7 Å². The Kier molecular flexibility index (Phi) is 3.96. The monoisotopic (exact) mass is 249 g/mol. The van der Waals surface area contributed by atoms with Crippen molar-refractivity contribution in [2.45, 2.75) is 26.2 Å². The van der Waals surface area contributed by atoms with Gasteiger partial charge in [0.05, 0.1) is 12.4 Å². The van der Waals surface area contributed by atoms with Crippen molar-refractivity contribution < 1.29 is 5.21 Å². The predicted octanol–water partition coefficient (Wildman–Crippen LogP) is 1.20. The Hall–Kier alpha value is -1.85. The number of nitrogens with two attached hydrogens (primary N) is 1. The van der Waals surface area contributed by atoms with Crippen molar-refractivity contribution in [1.82, 2.24) is 9.97 Å². The second-order valence-electron chi connectivity index (χ2n) is 4.58. The zero-order chi connectivity index (χ0) is 13.0. The molecule has 1 fully saturated rings. The van der Waals surface area contributed by atoms with Gasteiger partial charge in [0.1, 0.15) is 11.5 Å². The first-order valence-corrected chi connectivity index (χ1v) is 6.29. The van der Waals surface area contributed by atoms with Gasteiger partial charge in [0.15, 0.2) is 5.84 Å². The van der Waals surface area contributed by atoms with Gasteiger partial charge in [-0.25, -0.2) is 9.97 Å². The SMILES string of the molecule is CCC1CCN(c2cnc(C(N)=NO)cn2)CC1. The minimum Gasteiger partial charge on any atom is -0.409 e. The highest BCUT2D eigenvalue weighted by Gasteiger charge is 2.19. The summed E-state index contributed by atoms with van der Waals surface area (Å²) in [6, 6.07) is 0. The summed E-state index contributed by atoms with van der Waals surface area (Å²) in [5.41, 5.74) is 5.84. The number of nitrogens with zero attached hydrogens (tertiary/aromatic N) is 4. The molecule has 0 aromatic carbocycles. The van der Waals surface area contributed by atoms with E-state index in [9.17, 15) is 0 Å². The third-order valence-corrected chi connectivity index (χ3v) is 3.52. The Balaban J connectivity index is 2.02. The number of piperidine rings is 1. The van der Waals surface area contributed by atoms with Crippen LogP contribution < -0.4 is 10.6 Å². The molecule has 0 bridgehead atoms. The minimum absolute atomic E-state index is 0.0151. The molecule has 0 radical (unpaired) electrons. The molecule has 1 aliphatic heterocycles. The third-order valence-electron chi connectivity index (χ3n) is 3.52. The molecule has 6 heteroatoms. The van der Waals surface area contributed by atoms with E-state index in [4.69, 9.17) is 10.9 Å². The molecular weight excluding hydrogens is 230 g/mol. The van der Waals surface area contributed by atoms with Crippen LogP contribution in [0, 0.1) is 5.92 Å². The van der Waals surface area contributed by atoms with E-state index in [2.05, 4.69) is 26.9 Å². The summed E-state index contributed by atoms with van der Waals surface area (Å²) in [6.07, 6.45) is 6.89. The van der Waals surface area contributed by atoms with Gasteiger partial charge in [-0.3, -0.25) is 0 Å².